The molecule has 0 saturated carbocycles. The number of hydrogen-bond acceptors (Lipinski definition) is 4. The second-order valence-corrected chi connectivity index (χ2v) is 4.63. The fourth-order valence-electron chi connectivity index (χ4n) is 2.25. The summed E-state index contributed by atoms with van der Waals surface area (Å²) in [6.45, 7) is 0. The van der Waals surface area contributed by atoms with Crippen LogP contribution >= 0.6 is 0 Å². The molecule has 104 valence electrons. The number of non-ortho nitro benzene ring substituents is 1. The van der Waals surface area contributed by atoms with Crippen LogP contribution in [0.3, 0.4) is 0 Å². The van der Waals surface area contributed by atoms with E-state index >= 15 is 0 Å². The van der Waals surface area contributed by atoms with Gasteiger partial charge in [0.15, 0.2) is 0 Å². The van der Waals surface area contributed by atoms with Crippen molar-refractivity contribution in [3.8, 4) is 11.3 Å². The van der Waals surface area contributed by atoms with Gasteiger partial charge in [0.2, 0.25) is 0 Å². The Labute approximate surface area is 119 Å². The molecule has 3 rings (SSSR count). The van der Waals surface area contributed by atoms with E-state index < -0.39 is 4.92 Å². The minimum Gasteiger partial charge on any atom is -0.267 e. The van der Waals surface area contributed by atoms with Gasteiger partial charge in [-0.2, -0.15) is 5.10 Å². The van der Waals surface area contributed by atoms with Crippen LogP contribution in [-0.2, 0) is 7.05 Å². The zero-order valence-corrected chi connectivity index (χ0v) is 11.2. The van der Waals surface area contributed by atoms with E-state index in [1.807, 2.05) is 12.1 Å². The summed E-state index contributed by atoms with van der Waals surface area (Å²) in [7, 11) is 1.59. The molecule has 0 radical (unpaired) electrons. The zero-order valence-electron chi connectivity index (χ0n) is 11.2. The molecule has 0 aliphatic carbocycles. The first-order valence-electron chi connectivity index (χ1n) is 6.29. The molecule has 6 nitrogen and oxygen atoms in total. The number of aromatic nitrogens is 2. The van der Waals surface area contributed by atoms with Crippen molar-refractivity contribution in [3.63, 3.8) is 0 Å². The van der Waals surface area contributed by atoms with Crippen LogP contribution < -0.4 is 5.56 Å². The lowest BCUT2D eigenvalue weighted by Crippen LogP contribution is -2.20. The molecule has 0 unspecified atom stereocenters. The van der Waals surface area contributed by atoms with Crippen LogP contribution in [0.15, 0.2) is 53.3 Å². The maximum Gasteiger partial charge on any atom is 0.274 e. The van der Waals surface area contributed by atoms with Gasteiger partial charge in [0, 0.05) is 30.1 Å². The first-order valence-corrected chi connectivity index (χ1v) is 6.29. The predicted molar refractivity (Wildman–Crippen MR) is 79.1 cm³/mol. The molecule has 0 saturated heterocycles. The van der Waals surface area contributed by atoms with Crippen molar-refractivity contribution >= 4 is 16.5 Å². The molecule has 0 atom stereocenters. The molecule has 0 amide bonds. The summed E-state index contributed by atoms with van der Waals surface area (Å²) in [4.78, 5) is 22.3. The normalized spacial score (nSPS) is 10.7. The first-order chi connectivity index (χ1) is 10.1. The first kappa shape index (κ1) is 13.0. The summed E-state index contributed by atoms with van der Waals surface area (Å²) in [5.74, 6) is 0. The highest BCUT2D eigenvalue weighted by molar-refractivity contribution is 5.93. The Morgan fingerprint density at radius 3 is 2.29 bits per heavy atom. The molecule has 0 aliphatic heterocycles. The molecule has 3 aromatic rings. The van der Waals surface area contributed by atoms with E-state index in [-0.39, 0.29) is 11.2 Å². The van der Waals surface area contributed by atoms with Gasteiger partial charge in [-0.1, -0.05) is 18.2 Å². The Balaban J connectivity index is 2.27. The molecule has 0 bridgehead atoms. The molecule has 0 N–H and O–H groups in total. The number of aryl methyl sites for hydroxylation is 1. The van der Waals surface area contributed by atoms with E-state index in [4.69, 9.17) is 0 Å². The highest BCUT2D eigenvalue weighted by Gasteiger charge is 2.11. The number of benzene rings is 2. The molecule has 1 aromatic heterocycles. The number of fused-ring (bicyclic) bond motifs is 1. The highest BCUT2D eigenvalue weighted by Crippen LogP contribution is 2.26. The van der Waals surface area contributed by atoms with Gasteiger partial charge in [-0.3, -0.25) is 14.9 Å². The number of hydrogen-bond donors (Lipinski definition) is 0. The molecule has 6 heteroatoms. The van der Waals surface area contributed by atoms with Crippen molar-refractivity contribution in [1.82, 2.24) is 9.78 Å². The monoisotopic (exact) mass is 281 g/mol. The lowest BCUT2D eigenvalue weighted by Gasteiger charge is -2.07. The lowest BCUT2D eigenvalue weighted by molar-refractivity contribution is -0.384. The summed E-state index contributed by atoms with van der Waals surface area (Å²) in [5, 5.41) is 16.3. The molecule has 21 heavy (non-hydrogen) atoms. The third kappa shape index (κ3) is 2.16. The summed E-state index contributed by atoms with van der Waals surface area (Å²) >= 11 is 0. The van der Waals surface area contributed by atoms with E-state index in [1.54, 1.807) is 31.3 Å². The minimum absolute atomic E-state index is 0.0212. The van der Waals surface area contributed by atoms with Gasteiger partial charge < -0.3 is 0 Å². The van der Waals surface area contributed by atoms with E-state index in [0.717, 1.165) is 10.9 Å². The van der Waals surface area contributed by atoms with Gasteiger partial charge in [0.05, 0.1) is 16.0 Å². The predicted octanol–water partition coefficient (Wildman–Crippen LogP) is 2.51. The summed E-state index contributed by atoms with van der Waals surface area (Å²) in [6, 6.07) is 13.3. The van der Waals surface area contributed by atoms with Crippen LogP contribution in [0.1, 0.15) is 0 Å². The maximum absolute atomic E-state index is 12.1. The lowest BCUT2D eigenvalue weighted by atomic mass is 10.0. The Bertz CT molecular complexity index is 898. The fraction of sp³-hybridized carbons (Fsp3) is 0.0667. The summed E-state index contributed by atoms with van der Waals surface area (Å²) in [5.41, 5.74) is 1.21. The van der Waals surface area contributed by atoms with Gasteiger partial charge in [-0.15, -0.1) is 0 Å². The van der Waals surface area contributed by atoms with Crippen molar-refractivity contribution in [2.24, 2.45) is 7.05 Å². The van der Waals surface area contributed by atoms with Crippen molar-refractivity contribution < 1.29 is 4.92 Å². The van der Waals surface area contributed by atoms with Crippen molar-refractivity contribution in [1.29, 1.82) is 0 Å². The van der Waals surface area contributed by atoms with Gasteiger partial charge >= 0.3 is 0 Å². The second-order valence-electron chi connectivity index (χ2n) is 4.63. The van der Waals surface area contributed by atoms with Crippen LogP contribution in [0, 0.1) is 10.1 Å². The molecule has 2 aromatic carbocycles. The summed E-state index contributed by atoms with van der Waals surface area (Å²) < 4.78 is 1.28. The minimum atomic E-state index is -0.448. The average molecular weight is 281 g/mol. The van der Waals surface area contributed by atoms with Crippen molar-refractivity contribution in [2.75, 3.05) is 0 Å². The van der Waals surface area contributed by atoms with Crippen molar-refractivity contribution in [3.05, 3.63) is 69.0 Å². The molecule has 0 fully saturated rings. The smallest absolute Gasteiger partial charge is 0.267 e. The van der Waals surface area contributed by atoms with E-state index in [0.29, 0.717) is 11.1 Å². The molecular formula is C15H11N3O3. The Hall–Kier alpha value is -3.02. The molecular weight excluding hydrogens is 270 g/mol. The third-order valence-electron chi connectivity index (χ3n) is 3.31. The second kappa shape index (κ2) is 4.82. The highest BCUT2D eigenvalue weighted by atomic mass is 16.6. The Morgan fingerprint density at radius 2 is 1.67 bits per heavy atom. The SMILES string of the molecule is Cn1nc(-c2ccc([N+](=O)[O-])cc2)c2ccccc2c1=O. The van der Waals surface area contributed by atoms with Crippen LogP contribution in [-0.4, -0.2) is 14.7 Å². The number of nitrogens with zero attached hydrogens (tertiary/aromatic N) is 3. The van der Waals surface area contributed by atoms with Crippen LogP contribution in [0.5, 0.6) is 0 Å². The number of rotatable bonds is 2. The average Bonchev–Trinajstić information content (AvgIpc) is 2.51. The topological polar surface area (TPSA) is 78.0 Å². The Morgan fingerprint density at radius 1 is 1.05 bits per heavy atom. The molecule has 0 aliphatic rings. The van der Waals surface area contributed by atoms with Gasteiger partial charge in [-0.05, 0) is 18.2 Å². The molecule has 1 heterocycles. The standard InChI is InChI=1S/C15H11N3O3/c1-17-15(19)13-5-3-2-4-12(13)14(16-17)10-6-8-11(9-7-10)18(20)21/h2-9H,1H3. The van der Waals surface area contributed by atoms with E-state index in [9.17, 15) is 14.9 Å². The third-order valence-corrected chi connectivity index (χ3v) is 3.31. The summed E-state index contributed by atoms with van der Waals surface area (Å²) in [6.07, 6.45) is 0. The fourth-order valence-corrected chi connectivity index (χ4v) is 2.25. The molecule has 0 spiro atoms. The quantitative estimate of drug-likeness (QED) is 0.534. The van der Waals surface area contributed by atoms with Gasteiger partial charge in [0.1, 0.15) is 0 Å². The van der Waals surface area contributed by atoms with E-state index in [2.05, 4.69) is 5.10 Å². The van der Waals surface area contributed by atoms with Gasteiger partial charge in [-0.25, -0.2) is 4.68 Å². The largest absolute Gasteiger partial charge is 0.274 e. The number of nitro groups is 1. The van der Waals surface area contributed by atoms with E-state index in [1.165, 1.54) is 16.8 Å². The van der Waals surface area contributed by atoms with Gasteiger partial charge in [0.25, 0.3) is 11.2 Å². The van der Waals surface area contributed by atoms with Crippen molar-refractivity contribution in [2.45, 2.75) is 0 Å². The Kier molecular flexibility index (Phi) is 2.98. The maximum atomic E-state index is 12.1. The zero-order chi connectivity index (χ0) is 15.0. The number of nitro benzene ring substituents is 1. The van der Waals surface area contributed by atoms with Crippen LogP contribution in [0.2, 0.25) is 0 Å². The van der Waals surface area contributed by atoms with Crippen LogP contribution in [0.25, 0.3) is 22.0 Å². The van der Waals surface area contributed by atoms with Crippen LogP contribution in [0.4, 0.5) is 5.69 Å².